The Labute approximate surface area is 134 Å². The first kappa shape index (κ1) is 14.2. The van der Waals surface area contributed by atoms with Crippen molar-refractivity contribution in [2.75, 3.05) is 18.0 Å². The molecule has 0 radical (unpaired) electrons. The van der Waals surface area contributed by atoms with E-state index in [1.807, 2.05) is 16.8 Å². The number of aromatic nitrogens is 3. The van der Waals surface area contributed by atoms with Gasteiger partial charge in [-0.3, -0.25) is 0 Å². The molecule has 1 aromatic carbocycles. The molecule has 5 heteroatoms. The van der Waals surface area contributed by atoms with Crippen LogP contribution in [0.25, 0.3) is 16.8 Å². The lowest BCUT2D eigenvalue weighted by Crippen LogP contribution is -2.25. The molecule has 23 heavy (non-hydrogen) atoms. The molecule has 1 aliphatic rings. The fourth-order valence-electron chi connectivity index (χ4n) is 3.20. The van der Waals surface area contributed by atoms with Gasteiger partial charge in [-0.2, -0.15) is 5.10 Å². The predicted octanol–water partition coefficient (Wildman–Crippen LogP) is 3.92. The van der Waals surface area contributed by atoms with E-state index in [1.54, 1.807) is 18.3 Å². The highest BCUT2D eigenvalue weighted by Gasteiger charge is 2.16. The zero-order valence-corrected chi connectivity index (χ0v) is 13.0. The molecule has 0 unspecified atom stereocenters. The second kappa shape index (κ2) is 5.99. The van der Waals surface area contributed by atoms with Crippen molar-refractivity contribution >= 4 is 11.3 Å². The minimum Gasteiger partial charge on any atom is -0.355 e. The van der Waals surface area contributed by atoms with Gasteiger partial charge in [-0.1, -0.05) is 12.8 Å². The molecule has 3 heterocycles. The van der Waals surface area contributed by atoms with Gasteiger partial charge < -0.3 is 4.90 Å². The third-order valence-electron chi connectivity index (χ3n) is 4.42. The lowest BCUT2D eigenvalue weighted by Gasteiger charge is -2.21. The zero-order valence-electron chi connectivity index (χ0n) is 13.0. The fourth-order valence-corrected chi connectivity index (χ4v) is 3.20. The number of hydrogen-bond donors (Lipinski definition) is 0. The molecule has 0 bridgehead atoms. The van der Waals surface area contributed by atoms with Crippen LogP contribution in [0, 0.1) is 5.82 Å². The summed E-state index contributed by atoms with van der Waals surface area (Å²) in [5, 5.41) is 4.62. The molecule has 0 spiro atoms. The van der Waals surface area contributed by atoms with E-state index in [9.17, 15) is 4.39 Å². The summed E-state index contributed by atoms with van der Waals surface area (Å²) >= 11 is 0. The smallest absolute Gasteiger partial charge is 0.154 e. The Morgan fingerprint density at radius 2 is 1.70 bits per heavy atom. The molecule has 3 aromatic rings. The molecule has 0 N–H and O–H groups in total. The van der Waals surface area contributed by atoms with Crippen LogP contribution in [-0.2, 0) is 0 Å². The summed E-state index contributed by atoms with van der Waals surface area (Å²) in [6.45, 7) is 2.09. The molecule has 0 aliphatic carbocycles. The number of anilines is 1. The summed E-state index contributed by atoms with van der Waals surface area (Å²) in [7, 11) is 0. The maximum atomic E-state index is 13.1. The Hall–Kier alpha value is -2.43. The molecule has 4 nitrogen and oxygen atoms in total. The van der Waals surface area contributed by atoms with Gasteiger partial charge in [0.05, 0.1) is 5.69 Å². The van der Waals surface area contributed by atoms with Gasteiger partial charge in [0.15, 0.2) is 5.82 Å². The third kappa shape index (κ3) is 2.79. The van der Waals surface area contributed by atoms with E-state index in [0.717, 1.165) is 35.7 Å². The molecule has 1 aliphatic heterocycles. The van der Waals surface area contributed by atoms with Gasteiger partial charge in [-0.15, -0.1) is 0 Å². The Balaban J connectivity index is 1.76. The lowest BCUT2D eigenvalue weighted by molar-refractivity contribution is 0.628. The van der Waals surface area contributed by atoms with Crippen LogP contribution < -0.4 is 4.90 Å². The monoisotopic (exact) mass is 310 g/mol. The van der Waals surface area contributed by atoms with Crippen LogP contribution in [0.15, 0.2) is 42.7 Å². The largest absolute Gasteiger partial charge is 0.355 e. The topological polar surface area (TPSA) is 33.4 Å². The molecular formula is C18H19FN4. The fraction of sp³-hybridized carbons (Fsp3) is 0.333. The summed E-state index contributed by atoms with van der Waals surface area (Å²) in [5.41, 5.74) is 2.76. The van der Waals surface area contributed by atoms with Gasteiger partial charge in [0.25, 0.3) is 0 Å². The number of rotatable bonds is 2. The van der Waals surface area contributed by atoms with Crippen LogP contribution >= 0.6 is 0 Å². The van der Waals surface area contributed by atoms with Crippen molar-refractivity contribution in [1.29, 1.82) is 0 Å². The van der Waals surface area contributed by atoms with E-state index in [4.69, 9.17) is 0 Å². The summed E-state index contributed by atoms with van der Waals surface area (Å²) < 4.78 is 15.0. The summed E-state index contributed by atoms with van der Waals surface area (Å²) in [6, 6.07) is 8.49. The molecule has 118 valence electrons. The van der Waals surface area contributed by atoms with E-state index in [1.165, 1.54) is 37.8 Å². The standard InChI is InChI=1S/C18H19FN4/c19-15-7-5-14(6-8-15)16-13-17-18(20-9-12-23(17)21-16)22-10-3-1-2-4-11-22/h5-9,12-13H,1-4,10-11H2. The minimum absolute atomic E-state index is 0.232. The van der Waals surface area contributed by atoms with Crippen molar-refractivity contribution < 1.29 is 4.39 Å². The number of fused-ring (bicyclic) bond motifs is 1. The van der Waals surface area contributed by atoms with Crippen LogP contribution in [-0.4, -0.2) is 27.7 Å². The molecule has 2 aromatic heterocycles. The average molecular weight is 310 g/mol. The number of benzene rings is 1. The van der Waals surface area contributed by atoms with Crippen molar-refractivity contribution in [3.8, 4) is 11.3 Å². The molecule has 1 fully saturated rings. The number of hydrogen-bond acceptors (Lipinski definition) is 3. The maximum Gasteiger partial charge on any atom is 0.154 e. The van der Waals surface area contributed by atoms with Gasteiger partial charge in [0.2, 0.25) is 0 Å². The first-order valence-electron chi connectivity index (χ1n) is 8.16. The Kier molecular flexibility index (Phi) is 3.69. The van der Waals surface area contributed by atoms with E-state index < -0.39 is 0 Å². The van der Waals surface area contributed by atoms with Crippen LogP contribution in [0.2, 0.25) is 0 Å². The van der Waals surface area contributed by atoms with E-state index in [2.05, 4.69) is 15.0 Å². The quantitative estimate of drug-likeness (QED) is 0.719. The molecule has 4 rings (SSSR count). The summed E-state index contributed by atoms with van der Waals surface area (Å²) in [5.74, 6) is 0.764. The van der Waals surface area contributed by atoms with Gasteiger partial charge in [0.1, 0.15) is 11.3 Å². The highest BCUT2D eigenvalue weighted by Crippen LogP contribution is 2.26. The molecule has 0 atom stereocenters. The number of nitrogens with zero attached hydrogens (tertiary/aromatic N) is 4. The first-order chi connectivity index (χ1) is 11.3. The average Bonchev–Trinajstić information content (AvgIpc) is 2.83. The second-order valence-corrected chi connectivity index (χ2v) is 6.02. The van der Waals surface area contributed by atoms with Crippen LogP contribution in [0.3, 0.4) is 0 Å². The molecular weight excluding hydrogens is 291 g/mol. The van der Waals surface area contributed by atoms with Crippen molar-refractivity contribution in [3.05, 3.63) is 48.5 Å². The van der Waals surface area contributed by atoms with Crippen molar-refractivity contribution in [1.82, 2.24) is 14.6 Å². The highest BCUT2D eigenvalue weighted by molar-refractivity contribution is 5.75. The lowest BCUT2D eigenvalue weighted by atomic mass is 10.1. The van der Waals surface area contributed by atoms with E-state index in [0.29, 0.717) is 0 Å². The molecule has 0 saturated carbocycles. The van der Waals surface area contributed by atoms with Crippen LogP contribution in [0.1, 0.15) is 25.7 Å². The minimum atomic E-state index is -0.232. The van der Waals surface area contributed by atoms with E-state index in [-0.39, 0.29) is 5.82 Å². The molecule has 1 saturated heterocycles. The maximum absolute atomic E-state index is 13.1. The third-order valence-corrected chi connectivity index (χ3v) is 4.42. The van der Waals surface area contributed by atoms with Crippen molar-refractivity contribution in [3.63, 3.8) is 0 Å². The Bertz CT molecular complexity index is 802. The Morgan fingerprint density at radius 1 is 0.957 bits per heavy atom. The van der Waals surface area contributed by atoms with Crippen molar-refractivity contribution in [2.45, 2.75) is 25.7 Å². The SMILES string of the molecule is Fc1ccc(-c2cc3c(N4CCCCCC4)nccn3n2)cc1. The van der Waals surface area contributed by atoms with Crippen LogP contribution in [0.5, 0.6) is 0 Å². The van der Waals surface area contributed by atoms with Gasteiger partial charge in [-0.25, -0.2) is 13.9 Å². The molecule has 0 amide bonds. The highest BCUT2D eigenvalue weighted by atomic mass is 19.1. The second-order valence-electron chi connectivity index (χ2n) is 6.02. The van der Waals surface area contributed by atoms with Crippen LogP contribution in [0.4, 0.5) is 10.2 Å². The number of halogens is 1. The summed E-state index contributed by atoms with van der Waals surface area (Å²) in [6.07, 6.45) is 8.67. The predicted molar refractivity (Wildman–Crippen MR) is 89.1 cm³/mol. The van der Waals surface area contributed by atoms with Crippen molar-refractivity contribution in [2.24, 2.45) is 0 Å². The van der Waals surface area contributed by atoms with Gasteiger partial charge in [-0.05, 0) is 43.2 Å². The van der Waals surface area contributed by atoms with E-state index >= 15 is 0 Å². The normalized spacial score (nSPS) is 15.8. The zero-order chi connectivity index (χ0) is 15.6. The first-order valence-corrected chi connectivity index (χ1v) is 8.16. The summed E-state index contributed by atoms with van der Waals surface area (Å²) in [4.78, 5) is 6.96. The van der Waals surface area contributed by atoms with Gasteiger partial charge >= 0.3 is 0 Å². The van der Waals surface area contributed by atoms with Gasteiger partial charge in [0, 0.05) is 31.0 Å². The Morgan fingerprint density at radius 3 is 2.43 bits per heavy atom.